The number of aliphatic hydroxyl groups excluding tert-OH is 2. The fourth-order valence-electron chi connectivity index (χ4n) is 8.60. The molecular formula is C56H107NO5. The topological polar surface area (TPSA) is 95.9 Å². The summed E-state index contributed by atoms with van der Waals surface area (Å²) in [5.41, 5.74) is 0. The van der Waals surface area contributed by atoms with Crippen molar-refractivity contribution in [2.45, 2.75) is 315 Å². The average Bonchev–Trinajstić information content (AvgIpc) is 3.26. The van der Waals surface area contributed by atoms with E-state index in [0.29, 0.717) is 19.3 Å². The summed E-state index contributed by atoms with van der Waals surface area (Å²) >= 11 is 0. The summed E-state index contributed by atoms with van der Waals surface area (Å²) in [5, 5.41) is 23.7. The quantitative estimate of drug-likeness (QED) is 0.0321. The van der Waals surface area contributed by atoms with Crippen molar-refractivity contribution >= 4 is 11.9 Å². The Balaban J connectivity index is 4.53. The number of hydrogen-bond donors (Lipinski definition) is 3. The molecule has 0 saturated heterocycles. The zero-order valence-corrected chi connectivity index (χ0v) is 41.8. The van der Waals surface area contributed by atoms with E-state index in [-0.39, 0.29) is 24.9 Å². The number of carbonyl (C=O) groups excluding carboxylic acids is 2. The normalized spacial score (nSPS) is 13.3. The number of rotatable bonds is 50. The summed E-state index contributed by atoms with van der Waals surface area (Å²) in [6, 6.07) is -0.699. The van der Waals surface area contributed by atoms with E-state index in [0.717, 1.165) is 57.8 Å². The van der Waals surface area contributed by atoms with E-state index in [1.807, 2.05) is 0 Å². The van der Waals surface area contributed by atoms with Crippen molar-refractivity contribution in [2.24, 2.45) is 0 Å². The van der Waals surface area contributed by atoms with Crippen molar-refractivity contribution < 1.29 is 24.5 Å². The molecule has 0 saturated carbocycles. The van der Waals surface area contributed by atoms with Crippen LogP contribution in [0.2, 0.25) is 0 Å². The highest BCUT2D eigenvalue weighted by atomic mass is 16.5. The summed E-state index contributed by atoms with van der Waals surface area (Å²) in [4.78, 5) is 26.2. The lowest BCUT2D eigenvalue weighted by Gasteiger charge is -2.24. The third-order valence-electron chi connectivity index (χ3n) is 12.8. The van der Waals surface area contributed by atoms with E-state index in [9.17, 15) is 19.8 Å². The fourth-order valence-corrected chi connectivity index (χ4v) is 8.60. The van der Waals surface area contributed by atoms with Gasteiger partial charge in [-0.1, -0.05) is 257 Å². The largest absolute Gasteiger partial charge is 0.462 e. The van der Waals surface area contributed by atoms with Gasteiger partial charge in [0.15, 0.2) is 0 Å². The first kappa shape index (κ1) is 60.3. The Kier molecular flexibility index (Phi) is 49.0. The average molecular weight is 874 g/mol. The van der Waals surface area contributed by atoms with E-state index in [1.165, 1.54) is 193 Å². The Labute approximate surface area is 386 Å². The van der Waals surface area contributed by atoms with Gasteiger partial charge in [0.2, 0.25) is 5.91 Å². The lowest BCUT2D eigenvalue weighted by Crippen LogP contribution is -2.46. The van der Waals surface area contributed by atoms with Crippen molar-refractivity contribution in [2.75, 3.05) is 6.61 Å². The van der Waals surface area contributed by atoms with Gasteiger partial charge >= 0.3 is 5.97 Å². The number of nitrogens with one attached hydrogen (secondary N) is 1. The van der Waals surface area contributed by atoms with Gasteiger partial charge in [0.05, 0.1) is 25.2 Å². The summed E-state index contributed by atoms with van der Waals surface area (Å²) in [6.07, 6.45) is 58.2. The van der Waals surface area contributed by atoms with Crippen molar-refractivity contribution in [1.82, 2.24) is 5.32 Å². The number of amides is 1. The van der Waals surface area contributed by atoms with Crippen molar-refractivity contribution in [3.63, 3.8) is 0 Å². The van der Waals surface area contributed by atoms with Crippen LogP contribution in [0.5, 0.6) is 0 Å². The molecule has 0 bridgehead atoms. The van der Waals surface area contributed by atoms with E-state index < -0.39 is 18.2 Å². The molecule has 0 aromatic heterocycles. The minimum Gasteiger partial charge on any atom is -0.462 e. The summed E-state index contributed by atoms with van der Waals surface area (Å²) < 4.78 is 5.95. The predicted molar refractivity (Wildman–Crippen MR) is 269 cm³/mol. The van der Waals surface area contributed by atoms with Crippen LogP contribution in [0.1, 0.15) is 297 Å². The second-order valence-electron chi connectivity index (χ2n) is 19.0. The van der Waals surface area contributed by atoms with Crippen LogP contribution in [-0.2, 0) is 14.3 Å². The highest BCUT2D eigenvalue weighted by Gasteiger charge is 2.24. The standard InChI is InChI=1S/C56H107NO5/c1-4-7-10-13-16-19-21-23-25-27-28-30-32-34-37-40-43-46-49-56(61)62-52(47-44-41-38-36-33-31-29-26-24-22-20-17-14-11-8-5-2)50-55(60)57-53(51-58)54(59)48-45-42-39-35-18-15-12-9-6-3/h25,27-28,30,52-54,58-59H,4-24,26,29,31-51H2,1-3H3,(H,57,60)/b27-25+,30-28+. The Bertz CT molecular complexity index is 981. The summed E-state index contributed by atoms with van der Waals surface area (Å²) in [5.74, 6) is -0.475. The smallest absolute Gasteiger partial charge is 0.306 e. The Hall–Kier alpha value is -1.66. The van der Waals surface area contributed by atoms with Gasteiger partial charge in [0.1, 0.15) is 6.10 Å². The van der Waals surface area contributed by atoms with Crippen LogP contribution < -0.4 is 5.32 Å². The van der Waals surface area contributed by atoms with E-state index in [1.54, 1.807) is 0 Å². The molecule has 3 atom stereocenters. The van der Waals surface area contributed by atoms with Gasteiger partial charge in [0, 0.05) is 6.42 Å². The Morgan fingerprint density at radius 1 is 0.468 bits per heavy atom. The number of esters is 1. The molecule has 62 heavy (non-hydrogen) atoms. The number of carbonyl (C=O) groups is 2. The van der Waals surface area contributed by atoms with Crippen LogP contribution in [0, 0.1) is 0 Å². The molecule has 0 spiro atoms. The first-order valence-corrected chi connectivity index (χ1v) is 27.6. The maximum Gasteiger partial charge on any atom is 0.306 e. The molecular weight excluding hydrogens is 767 g/mol. The molecule has 0 aromatic rings. The second-order valence-corrected chi connectivity index (χ2v) is 19.0. The molecule has 6 heteroatoms. The molecule has 0 aliphatic carbocycles. The maximum atomic E-state index is 13.2. The number of aliphatic hydroxyl groups is 2. The zero-order valence-electron chi connectivity index (χ0n) is 41.8. The SMILES string of the molecule is CCCCCCCCC/C=C/C=C/CCCCCCCC(=O)OC(CCCCCCCCCCCCCCCCCC)CC(=O)NC(CO)C(O)CCCCCCCCCCC. The van der Waals surface area contributed by atoms with Crippen LogP contribution in [0.3, 0.4) is 0 Å². The second kappa shape index (κ2) is 50.3. The van der Waals surface area contributed by atoms with Crippen LogP contribution in [0.4, 0.5) is 0 Å². The molecule has 366 valence electrons. The van der Waals surface area contributed by atoms with Crippen LogP contribution in [0.15, 0.2) is 24.3 Å². The monoisotopic (exact) mass is 874 g/mol. The van der Waals surface area contributed by atoms with Crippen molar-refractivity contribution in [3.8, 4) is 0 Å². The van der Waals surface area contributed by atoms with Crippen molar-refractivity contribution in [3.05, 3.63) is 24.3 Å². The molecule has 0 heterocycles. The Morgan fingerprint density at radius 3 is 1.19 bits per heavy atom. The third-order valence-corrected chi connectivity index (χ3v) is 12.8. The van der Waals surface area contributed by atoms with Crippen LogP contribution >= 0.6 is 0 Å². The van der Waals surface area contributed by atoms with Crippen LogP contribution in [0.25, 0.3) is 0 Å². The van der Waals surface area contributed by atoms with E-state index in [4.69, 9.17) is 4.74 Å². The number of ether oxygens (including phenoxy) is 1. The first-order valence-electron chi connectivity index (χ1n) is 27.6. The van der Waals surface area contributed by atoms with Crippen LogP contribution in [-0.4, -0.2) is 46.9 Å². The van der Waals surface area contributed by atoms with Gasteiger partial charge in [-0.3, -0.25) is 9.59 Å². The maximum absolute atomic E-state index is 13.2. The molecule has 1 amide bonds. The minimum absolute atomic E-state index is 0.0769. The molecule has 0 rings (SSSR count). The highest BCUT2D eigenvalue weighted by molar-refractivity contribution is 5.77. The number of allylic oxidation sites excluding steroid dienone is 4. The molecule has 0 aliphatic heterocycles. The predicted octanol–water partition coefficient (Wildman–Crippen LogP) is 16.7. The van der Waals surface area contributed by atoms with Crippen molar-refractivity contribution in [1.29, 1.82) is 0 Å². The molecule has 0 aromatic carbocycles. The molecule has 0 aliphatic rings. The molecule has 3 unspecified atom stereocenters. The highest BCUT2D eigenvalue weighted by Crippen LogP contribution is 2.18. The summed E-state index contributed by atoms with van der Waals surface area (Å²) in [7, 11) is 0. The van der Waals surface area contributed by atoms with Gasteiger partial charge in [-0.2, -0.15) is 0 Å². The zero-order chi connectivity index (χ0) is 45.2. The molecule has 6 nitrogen and oxygen atoms in total. The number of hydrogen-bond acceptors (Lipinski definition) is 5. The molecule has 0 radical (unpaired) electrons. The third kappa shape index (κ3) is 44.9. The van der Waals surface area contributed by atoms with E-state index >= 15 is 0 Å². The lowest BCUT2D eigenvalue weighted by atomic mass is 10.0. The van der Waals surface area contributed by atoms with Gasteiger partial charge in [-0.25, -0.2) is 0 Å². The van der Waals surface area contributed by atoms with Gasteiger partial charge < -0.3 is 20.3 Å². The van der Waals surface area contributed by atoms with Gasteiger partial charge in [-0.05, 0) is 51.4 Å². The number of unbranched alkanes of at least 4 members (excludes halogenated alkanes) is 35. The van der Waals surface area contributed by atoms with Gasteiger partial charge in [0.25, 0.3) is 0 Å². The lowest BCUT2D eigenvalue weighted by molar-refractivity contribution is -0.151. The van der Waals surface area contributed by atoms with E-state index in [2.05, 4.69) is 50.4 Å². The fraction of sp³-hybridized carbons (Fsp3) is 0.893. The first-order chi connectivity index (χ1) is 30.5. The molecule has 0 fully saturated rings. The molecule has 3 N–H and O–H groups in total. The summed E-state index contributed by atoms with van der Waals surface area (Å²) in [6.45, 7) is 6.49. The minimum atomic E-state index is -0.785. The van der Waals surface area contributed by atoms with Gasteiger partial charge in [-0.15, -0.1) is 0 Å². The Morgan fingerprint density at radius 2 is 0.806 bits per heavy atom.